The summed E-state index contributed by atoms with van der Waals surface area (Å²) in [6.45, 7) is 0.671. The summed E-state index contributed by atoms with van der Waals surface area (Å²) in [6.07, 6.45) is -8.31. The highest BCUT2D eigenvalue weighted by molar-refractivity contribution is 6.29. The fourth-order valence-electron chi connectivity index (χ4n) is 4.26. The number of aryl methyl sites for hydroxylation is 1. The van der Waals surface area contributed by atoms with Gasteiger partial charge in [-0.2, -0.15) is 26.3 Å². The number of halogens is 9. The van der Waals surface area contributed by atoms with Gasteiger partial charge in [0.1, 0.15) is 16.8 Å². The summed E-state index contributed by atoms with van der Waals surface area (Å²) in [5, 5.41) is 23.9. The Kier molecular flexibility index (Phi) is 12.4. The number of alkyl halides is 6. The summed E-state index contributed by atoms with van der Waals surface area (Å²) in [7, 11) is 0. The van der Waals surface area contributed by atoms with E-state index in [0.717, 1.165) is 42.7 Å². The van der Waals surface area contributed by atoms with Crippen LogP contribution < -0.4 is 10.6 Å². The van der Waals surface area contributed by atoms with E-state index in [4.69, 9.17) is 11.6 Å². The lowest BCUT2D eigenvalue weighted by Crippen LogP contribution is -2.54. The lowest BCUT2D eigenvalue weighted by molar-refractivity contribution is -0.257. The molecule has 2 unspecified atom stereocenters. The number of carbonyl (C=O) groups is 2. The maximum absolute atomic E-state index is 13.7. The first kappa shape index (κ1) is 38.8. The van der Waals surface area contributed by atoms with Gasteiger partial charge in [0.2, 0.25) is 0 Å². The molecule has 17 heteroatoms. The molecule has 4 aromatic rings. The summed E-state index contributed by atoms with van der Waals surface area (Å²) in [5.74, 6) is -5.02. The molecule has 0 aliphatic rings. The number of rotatable bonds is 9. The van der Waals surface area contributed by atoms with E-state index in [1.807, 2.05) is 10.6 Å². The van der Waals surface area contributed by atoms with Crippen LogP contribution >= 0.6 is 11.6 Å². The molecule has 4 N–H and O–H groups in total. The number of aliphatic hydroxyl groups is 2. The van der Waals surface area contributed by atoms with Gasteiger partial charge in [0.25, 0.3) is 23.0 Å². The first-order chi connectivity index (χ1) is 22.9. The van der Waals surface area contributed by atoms with Gasteiger partial charge in [-0.3, -0.25) is 14.6 Å². The van der Waals surface area contributed by atoms with Gasteiger partial charge in [-0.05, 0) is 18.6 Å². The molecule has 0 saturated heterocycles. The van der Waals surface area contributed by atoms with Gasteiger partial charge in [-0.1, -0.05) is 79.2 Å². The van der Waals surface area contributed by atoms with Crippen LogP contribution in [0.1, 0.15) is 34.9 Å². The fourth-order valence-corrected chi connectivity index (χ4v) is 4.44. The van der Waals surface area contributed by atoms with Crippen molar-refractivity contribution in [2.24, 2.45) is 0 Å². The van der Waals surface area contributed by atoms with Crippen LogP contribution in [0.5, 0.6) is 0 Å². The monoisotopic (exact) mass is 718 g/mol. The molecule has 2 aromatic heterocycles. The third-order valence-corrected chi connectivity index (χ3v) is 7.20. The number of benzene rings is 2. The number of nitrogens with zero attached hydrogens (tertiary/aromatic N) is 2. The fraction of sp³-hybridized carbons (Fsp3) is 0.250. The molecule has 8 nitrogen and oxygen atoms in total. The molecule has 4 rings (SSSR count). The van der Waals surface area contributed by atoms with Crippen LogP contribution in [0.25, 0.3) is 0 Å². The van der Waals surface area contributed by atoms with Crippen molar-refractivity contribution in [3.63, 3.8) is 0 Å². The third-order valence-electron chi connectivity index (χ3n) is 6.99. The van der Waals surface area contributed by atoms with Gasteiger partial charge < -0.3 is 20.8 Å². The van der Waals surface area contributed by atoms with Gasteiger partial charge in [0, 0.05) is 41.0 Å². The quantitative estimate of drug-likeness (QED) is 0.128. The van der Waals surface area contributed by atoms with Crippen LogP contribution in [0, 0.1) is 11.6 Å². The number of carbonyl (C=O) groups excluding carboxylic acids is 2. The Balaban J connectivity index is 0.000000266. The number of hydrogen-bond acceptors (Lipinski definition) is 6. The van der Waals surface area contributed by atoms with Gasteiger partial charge in [-0.15, -0.1) is 0 Å². The predicted molar refractivity (Wildman–Crippen MR) is 159 cm³/mol. The van der Waals surface area contributed by atoms with Crippen molar-refractivity contribution in [1.29, 1.82) is 0 Å². The molecule has 262 valence electrons. The zero-order valence-corrected chi connectivity index (χ0v) is 26.0. The Labute approximate surface area is 278 Å². The largest absolute Gasteiger partial charge is 0.430 e. The lowest BCUT2D eigenvalue weighted by atomic mass is 9.92. The highest BCUT2D eigenvalue weighted by Gasteiger charge is 2.61. The van der Waals surface area contributed by atoms with Crippen molar-refractivity contribution >= 4 is 23.4 Å². The molecule has 2 heterocycles. The highest BCUT2D eigenvalue weighted by atomic mass is 35.5. The summed E-state index contributed by atoms with van der Waals surface area (Å²) >= 11 is 5.57. The van der Waals surface area contributed by atoms with Gasteiger partial charge in [0.05, 0.1) is 12.4 Å². The van der Waals surface area contributed by atoms with Crippen molar-refractivity contribution in [3.05, 3.63) is 130 Å². The molecule has 0 bridgehead atoms. The second kappa shape index (κ2) is 15.7. The van der Waals surface area contributed by atoms with Gasteiger partial charge >= 0.3 is 12.4 Å². The zero-order valence-electron chi connectivity index (χ0n) is 25.2. The third kappa shape index (κ3) is 8.87. The molecule has 0 radical (unpaired) electrons. The van der Waals surface area contributed by atoms with Crippen molar-refractivity contribution in [2.45, 2.75) is 50.0 Å². The van der Waals surface area contributed by atoms with Crippen LogP contribution in [0.3, 0.4) is 0 Å². The number of pyridine rings is 2. The minimum Gasteiger partial charge on any atom is -0.369 e. The maximum Gasteiger partial charge on any atom is 0.430 e. The van der Waals surface area contributed by atoms with E-state index in [2.05, 4.69) is 9.97 Å². The SMILES string of the molecule is CCc1cc(CNC(=O)C(O)(c2ccccc2)C(F)(F)F)c(F)cn1.O=C(NCc1cc(Cl)ncc1F)C(O)(c1ccccc1)C(F)(F)F. The van der Waals surface area contributed by atoms with Crippen molar-refractivity contribution in [2.75, 3.05) is 0 Å². The molecule has 0 fully saturated rings. The predicted octanol–water partition coefficient (Wildman–Crippen LogP) is 5.79. The van der Waals surface area contributed by atoms with E-state index in [-0.39, 0.29) is 16.3 Å². The normalized spacial score (nSPS) is 14.0. The van der Waals surface area contributed by atoms with Crippen LogP contribution in [0.2, 0.25) is 5.15 Å². The van der Waals surface area contributed by atoms with Gasteiger partial charge in [-0.25, -0.2) is 13.8 Å². The van der Waals surface area contributed by atoms with E-state index in [1.54, 1.807) is 6.92 Å². The molecular formula is C32H27ClF8N4O4. The molecule has 2 amide bonds. The first-order valence-electron chi connectivity index (χ1n) is 14.0. The maximum atomic E-state index is 13.7. The van der Waals surface area contributed by atoms with E-state index in [1.165, 1.54) is 42.5 Å². The molecule has 49 heavy (non-hydrogen) atoms. The number of aromatic nitrogens is 2. The summed E-state index contributed by atoms with van der Waals surface area (Å²) < 4.78 is 107. The Bertz CT molecular complexity index is 1750. The Morgan fingerprint density at radius 2 is 1.08 bits per heavy atom. The van der Waals surface area contributed by atoms with Crippen molar-refractivity contribution in [3.8, 4) is 0 Å². The molecule has 0 aliphatic carbocycles. The van der Waals surface area contributed by atoms with Crippen LogP contribution in [-0.4, -0.2) is 44.3 Å². The number of nitrogens with one attached hydrogen (secondary N) is 2. The first-order valence-corrected chi connectivity index (χ1v) is 14.4. The standard InChI is InChI=1S/C17H16F4N2O2.C15H11ClF4N2O2/c1-2-13-8-11(14(18)10-22-13)9-23-15(24)16(25,17(19,20)21)12-6-4-3-5-7-12;16-12-6-9(11(17)8-21-12)7-22-13(23)14(24,15(18,19)20)10-4-2-1-3-5-10/h3-8,10,25H,2,9H2,1H3,(H,23,24);1-6,8,24H,7H2,(H,22,23). The molecule has 0 aliphatic heterocycles. The molecule has 0 spiro atoms. The Morgan fingerprint density at radius 3 is 1.47 bits per heavy atom. The number of hydrogen-bond donors (Lipinski definition) is 4. The molecular weight excluding hydrogens is 692 g/mol. The Morgan fingerprint density at radius 1 is 0.694 bits per heavy atom. The van der Waals surface area contributed by atoms with Crippen LogP contribution in [0.15, 0.2) is 85.2 Å². The summed E-state index contributed by atoms with van der Waals surface area (Å²) in [5.41, 5.74) is -8.42. The van der Waals surface area contributed by atoms with Crippen molar-refractivity contribution in [1.82, 2.24) is 20.6 Å². The minimum absolute atomic E-state index is 0.0159. The van der Waals surface area contributed by atoms with E-state index in [0.29, 0.717) is 12.1 Å². The molecule has 2 atom stereocenters. The topological polar surface area (TPSA) is 124 Å². The second-order valence-corrected chi connectivity index (χ2v) is 10.6. The van der Waals surface area contributed by atoms with E-state index >= 15 is 0 Å². The van der Waals surface area contributed by atoms with Crippen molar-refractivity contribution < 1.29 is 54.9 Å². The Hall–Kier alpha value is -4.67. The van der Waals surface area contributed by atoms with E-state index in [9.17, 15) is 54.9 Å². The van der Waals surface area contributed by atoms with Crippen LogP contribution in [-0.2, 0) is 40.3 Å². The average Bonchev–Trinajstić information content (AvgIpc) is 3.07. The lowest BCUT2D eigenvalue weighted by Gasteiger charge is -2.29. The van der Waals surface area contributed by atoms with Crippen LogP contribution in [0.4, 0.5) is 35.1 Å². The smallest absolute Gasteiger partial charge is 0.369 e. The van der Waals surface area contributed by atoms with E-state index < -0.39 is 71.2 Å². The summed E-state index contributed by atoms with van der Waals surface area (Å²) in [6, 6.07) is 14.3. The zero-order chi connectivity index (χ0) is 36.6. The molecule has 2 aromatic carbocycles. The highest BCUT2D eigenvalue weighted by Crippen LogP contribution is 2.40. The number of amides is 2. The average molecular weight is 719 g/mol. The summed E-state index contributed by atoms with van der Waals surface area (Å²) in [4.78, 5) is 31.4. The molecule has 0 saturated carbocycles. The minimum atomic E-state index is -5.27. The second-order valence-electron chi connectivity index (χ2n) is 10.2. The van der Waals surface area contributed by atoms with Gasteiger partial charge in [0.15, 0.2) is 0 Å².